The number of halogens is 2. The maximum atomic E-state index is 12.8. The van der Waals surface area contributed by atoms with Crippen molar-refractivity contribution in [1.82, 2.24) is 5.43 Å². The molecule has 5 aromatic rings. The molecule has 0 saturated carbocycles. The third-order valence-electron chi connectivity index (χ3n) is 5.93. The lowest BCUT2D eigenvalue weighted by Gasteiger charge is -2.09. The second-order valence-electron chi connectivity index (χ2n) is 8.68. The first-order chi connectivity index (χ1) is 19.9. The summed E-state index contributed by atoms with van der Waals surface area (Å²) in [6, 6.07) is 26.5. The number of fused-ring (bicyclic) bond motifs is 1. The highest BCUT2D eigenvalue weighted by Gasteiger charge is 2.20. The van der Waals surface area contributed by atoms with E-state index < -0.39 is 5.97 Å². The minimum atomic E-state index is -0.578. The number of ether oxygens (including phenoxy) is 3. The molecule has 0 fully saturated rings. The van der Waals surface area contributed by atoms with Crippen molar-refractivity contribution in [3.63, 3.8) is 0 Å². The molecule has 7 nitrogen and oxygen atoms in total. The molecule has 0 aliphatic rings. The lowest BCUT2D eigenvalue weighted by molar-refractivity contribution is 0.0734. The summed E-state index contributed by atoms with van der Waals surface area (Å²) >= 11 is 13.6. The number of esters is 1. The average molecular weight is 605 g/mol. The van der Waals surface area contributed by atoms with E-state index in [0.717, 1.165) is 15.6 Å². The van der Waals surface area contributed by atoms with Gasteiger partial charge in [0.1, 0.15) is 17.2 Å². The number of rotatable bonds is 9. The second-order valence-corrected chi connectivity index (χ2v) is 10.5. The zero-order chi connectivity index (χ0) is 28.8. The highest BCUT2D eigenvalue weighted by Crippen LogP contribution is 2.37. The van der Waals surface area contributed by atoms with Gasteiger partial charge in [-0.2, -0.15) is 5.10 Å². The van der Waals surface area contributed by atoms with E-state index >= 15 is 0 Å². The molecule has 206 valence electrons. The SMILES string of the molecule is COc1cc(C=NNC(=O)c2ccc(COc3ccc(Cl)cc3)cc2)ccc1OC(=O)c1sc2ccccc2c1Cl. The maximum absolute atomic E-state index is 12.8. The number of thiophene rings is 1. The Morgan fingerprint density at radius 1 is 0.927 bits per heavy atom. The number of nitrogens with one attached hydrogen (secondary N) is 1. The number of benzene rings is 4. The molecule has 1 heterocycles. The quantitative estimate of drug-likeness (QED) is 0.0803. The number of nitrogens with zero attached hydrogens (tertiary/aromatic N) is 1. The Kier molecular flexibility index (Phi) is 8.84. The van der Waals surface area contributed by atoms with E-state index in [1.165, 1.54) is 24.7 Å². The normalized spacial score (nSPS) is 11.0. The molecule has 4 aromatic carbocycles. The summed E-state index contributed by atoms with van der Waals surface area (Å²) in [6.07, 6.45) is 1.46. The van der Waals surface area contributed by atoms with Crippen LogP contribution < -0.4 is 19.6 Å². The molecule has 0 unspecified atom stereocenters. The van der Waals surface area contributed by atoms with Gasteiger partial charge in [-0.3, -0.25) is 4.79 Å². The molecular formula is C31H22Cl2N2O5S. The fraction of sp³-hybridized carbons (Fsp3) is 0.0645. The molecular weight excluding hydrogens is 583 g/mol. The third kappa shape index (κ3) is 6.86. The van der Waals surface area contributed by atoms with Crippen molar-refractivity contribution < 1.29 is 23.8 Å². The van der Waals surface area contributed by atoms with Crippen molar-refractivity contribution in [3.8, 4) is 17.2 Å². The van der Waals surface area contributed by atoms with Gasteiger partial charge in [0.05, 0.1) is 18.3 Å². The minimum absolute atomic E-state index is 0.229. The van der Waals surface area contributed by atoms with Gasteiger partial charge in [-0.15, -0.1) is 11.3 Å². The van der Waals surface area contributed by atoms with Gasteiger partial charge >= 0.3 is 5.97 Å². The number of hydrogen-bond acceptors (Lipinski definition) is 7. The predicted molar refractivity (Wildman–Crippen MR) is 162 cm³/mol. The molecule has 0 saturated heterocycles. The Hall–Kier alpha value is -4.37. The van der Waals surface area contributed by atoms with Crippen molar-refractivity contribution in [2.24, 2.45) is 5.10 Å². The summed E-state index contributed by atoms with van der Waals surface area (Å²) < 4.78 is 17.6. The molecule has 0 aliphatic heterocycles. The highest BCUT2D eigenvalue weighted by molar-refractivity contribution is 7.21. The van der Waals surface area contributed by atoms with Crippen molar-refractivity contribution in [3.05, 3.63) is 123 Å². The van der Waals surface area contributed by atoms with Crippen LogP contribution in [0.3, 0.4) is 0 Å². The van der Waals surface area contributed by atoms with Gasteiger partial charge < -0.3 is 14.2 Å². The lowest BCUT2D eigenvalue weighted by Crippen LogP contribution is -2.17. The lowest BCUT2D eigenvalue weighted by atomic mass is 10.1. The van der Waals surface area contributed by atoms with E-state index in [0.29, 0.717) is 44.2 Å². The molecule has 0 radical (unpaired) electrons. The Morgan fingerprint density at radius 3 is 2.41 bits per heavy atom. The molecule has 0 atom stereocenters. The van der Waals surface area contributed by atoms with E-state index in [4.69, 9.17) is 37.4 Å². The van der Waals surface area contributed by atoms with Crippen LogP contribution in [0.2, 0.25) is 10.0 Å². The van der Waals surface area contributed by atoms with Crippen LogP contribution >= 0.6 is 34.5 Å². The molecule has 0 bridgehead atoms. The van der Waals surface area contributed by atoms with E-state index in [9.17, 15) is 9.59 Å². The van der Waals surface area contributed by atoms with Crippen molar-refractivity contribution in [2.75, 3.05) is 7.11 Å². The second kappa shape index (κ2) is 12.9. The Bertz CT molecular complexity index is 1730. The molecule has 1 amide bonds. The summed E-state index contributed by atoms with van der Waals surface area (Å²) in [5.74, 6) is 0.304. The fourth-order valence-corrected chi connectivity index (χ4v) is 5.33. The topological polar surface area (TPSA) is 86.2 Å². The Balaban J connectivity index is 1.17. The van der Waals surface area contributed by atoms with E-state index in [-0.39, 0.29) is 11.7 Å². The number of carbonyl (C=O) groups excluding carboxylic acids is 2. The van der Waals surface area contributed by atoms with Gasteiger partial charge in [-0.25, -0.2) is 10.2 Å². The summed E-state index contributed by atoms with van der Waals surface area (Å²) in [7, 11) is 1.46. The number of methoxy groups -OCH3 is 1. The number of hydrogen-bond donors (Lipinski definition) is 1. The van der Waals surface area contributed by atoms with E-state index in [2.05, 4.69) is 10.5 Å². The smallest absolute Gasteiger partial charge is 0.355 e. The van der Waals surface area contributed by atoms with Crippen LogP contribution in [0.4, 0.5) is 0 Å². The maximum Gasteiger partial charge on any atom is 0.355 e. The van der Waals surface area contributed by atoms with Crippen LogP contribution in [0.5, 0.6) is 17.2 Å². The molecule has 0 aliphatic carbocycles. The number of hydrazone groups is 1. The van der Waals surface area contributed by atoms with Crippen molar-refractivity contribution in [1.29, 1.82) is 0 Å². The van der Waals surface area contributed by atoms with Crippen molar-refractivity contribution in [2.45, 2.75) is 6.61 Å². The molecule has 1 N–H and O–H groups in total. The van der Waals surface area contributed by atoms with Crippen LogP contribution in [0.25, 0.3) is 10.1 Å². The van der Waals surface area contributed by atoms with Gasteiger partial charge in [0.15, 0.2) is 11.5 Å². The first kappa shape index (κ1) is 28.2. The summed E-state index contributed by atoms with van der Waals surface area (Å²) in [6.45, 7) is 0.353. The Morgan fingerprint density at radius 2 is 1.68 bits per heavy atom. The van der Waals surface area contributed by atoms with E-state index in [1.54, 1.807) is 54.6 Å². The number of carbonyl (C=O) groups is 2. The zero-order valence-corrected chi connectivity index (χ0v) is 23.9. The minimum Gasteiger partial charge on any atom is -0.493 e. The third-order valence-corrected chi connectivity index (χ3v) is 7.83. The van der Waals surface area contributed by atoms with Crippen LogP contribution in [-0.4, -0.2) is 25.2 Å². The van der Waals surface area contributed by atoms with E-state index in [1.807, 2.05) is 36.4 Å². The molecule has 0 spiro atoms. The van der Waals surface area contributed by atoms with Gasteiger partial charge in [-0.05, 0) is 71.8 Å². The zero-order valence-electron chi connectivity index (χ0n) is 21.6. The summed E-state index contributed by atoms with van der Waals surface area (Å²) in [5, 5.41) is 5.83. The average Bonchev–Trinajstić information content (AvgIpc) is 3.34. The number of amides is 1. The molecule has 1 aromatic heterocycles. The summed E-state index contributed by atoms with van der Waals surface area (Å²) in [5.41, 5.74) is 4.47. The van der Waals surface area contributed by atoms with Gasteiger partial charge in [0, 0.05) is 20.7 Å². The standard InChI is InChI=1S/C31H22Cl2N2O5S/c1-38-26-16-20(8-15-25(26)40-31(37)29-28(33)24-4-2-3-5-27(24)41-29)17-34-35-30(36)21-9-6-19(7-10-21)18-39-23-13-11-22(32)12-14-23/h2-17H,18H2,1H3,(H,35,36). The molecule has 10 heteroatoms. The van der Waals surface area contributed by atoms with Crippen LogP contribution in [0, 0.1) is 0 Å². The van der Waals surface area contributed by atoms with Crippen LogP contribution in [0.15, 0.2) is 96.1 Å². The first-order valence-corrected chi connectivity index (χ1v) is 13.9. The van der Waals surface area contributed by atoms with Crippen molar-refractivity contribution >= 4 is 62.7 Å². The Labute approximate surface area is 249 Å². The predicted octanol–water partition coefficient (Wildman–Crippen LogP) is 7.78. The highest BCUT2D eigenvalue weighted by atomic mass is 35.5. The van der Waals surface area contributed by atoms with Gasteiger partial charge in [0.2, 0.25) is 0 Å². The van der Waals surface area contributed by atoms with Gasteiger partial charge in [0.25, 0.3) is 5.91 Å². The van der Waals surface area contributed by atoms with Crippen LogP contribution in [-0.2, 0) is 6.61 Å². The summed E-state index contributed by atoms with van der Waals surface area (Å²) in [4.78, 5) is 25.7. The monoisotopic (exact) mass is 604 g/mol. The fourth-order valence-electron chi connectivity index (χ4n) is 3.82. The van der Waals surface area contributed by atoms with Gasteiger partial charge in [-0.1, -0.05) is 53.5 Å². The molecule has 5 rings (SSSR count). The largest absolute Gasteiger partial charge is 0.493 e. The van der Waals surface area contributed by atoms with Crippen LogP contribution in [0.1, 0.15) is 31.2 Å². The first-order valence-electron chi connectivity index (χ1n) is 12.3. The molecule has 41 heavy (non-hydrogen) atoms.